The first-order valence-electron chi connectivity index (χ1n) is 6.37. The van der Waals surface area contributed by atoms with Gasteiger partial charge in [-0.2, -0.15) is 0 Å². The Morgan fingerprint density at radius 1 is 0.895 bits per heavy atom. The third kappa shape index (κ3) is 2.46. The predicted octanol–water partition coefficient (Wildman–Crippen LogP) is 2.80. The van der Waals surface area contributed by atoms with Crippen LogP contribution in [0.3, 0.4) is 0 Å². The second-order valence-corrected chi connectivity index (χ2v) is 4.52. The number of nitrogens with two attached hydrogens (primary N) is 1. The van der Waals surface area contributed by atoms with Crippen molar-refractivity contribution in [2.75, 3.05) is 6.54 Å². The Kier molecular flexibility index (Phi) is 3.21. The van der Waals surface area contributed by atoms with E-state index in [-0.39, 0.29) is 0 Å². The van der Waals surface area contributed by atoms with Crippen molar-refractivity contribution < 1.29 is 0 Å². The highest BCUT2D eigenvalue weighted by Gasteiger charge is 2.02. The number of hydrogen-bond acceptors (Lipinski definition) is 3. The van der Waals surface area contributed by atoms with Crippen molar-refractivity contribution in [2.45, 2.75) is 6.42 Å². The van der Waals surface area contributed by atoms with Gasteiger partial charge in [0.05, 0.1) is 0 Å². The summed E-state index contributed by atoms with van der Waals surface area (Å²) < 4.78 is 0. The van der Waals surface area contributed by atoms with Gasteiger partial charge in [-0.1, -0.05) is 36.4 Å². The molecule has 3 rings (SSSR count). The highest BCUT2D eigenvalue weighted by molar-refractivity contribution is 5.86. The summed E-state index contributed by atoms with van der Waals surface area (Å²) in [4.78, 5) is 8.82. The Balaban J connectivity index is 1.99. The molecule has 0 atom stereocenters. The molecule has 3 nitrogen and oxygen atoms in total. The van der Waals surface area contributed by atoms with E-state index in [9.17, 15) is 0 Å². The number of fused-ring (bicyclic) bond motifs is 1. The molecule has 0 radical (unpaired) electrons. The number of rotatable bonds is 3. The van der Waals surface area contributed by atoms with Crippen LogP contribution in [0.25, 0.3) is 22.2 Å². The molecule has 0 unspecified atom stereocenters. The summed E-state index contributed by atoms with van der Waals surface area (Å²) in [5.74, 6) is 0.756. The standard InChI is InChI=1S/C16H15N3/c17-8-7-12-10-18-16(19-11-12)15-6-5-13-3-1-2-4-14(13)9-15/h1-6,9-11H,7-8,17H2. The van der Waals surface area contributed by atoms with Crippen molar-refractivity contribution in [3.05, 3.63) is 60.4 Å². The van der Waals surface area contributed by atoms with Gasteiger partial charge in [0.2, 0.25) is 0 Å². The molecule has 94 valence electrons. The Hall–Kier alpha value is -2.26. The predicted molar refractivity (Wildman–Crippen MR) is 77.7 cm³/mol. The van der Waals surface area contributed by atoms with Crippen LogP contribution in [0.1, 0.15) is 5.56 Å². The Morgan fingerprint density at radius 3 is 2.37 bits per heavy atom. The molecule has 0 fully saturated rings. The number of aromatic nitrogens is 2. The van der Waals surface area contributed by atoms with Crippen molar-refractivity contribution in [3.63, 3.8) is 0 Å². The zero-order valence-corrected chi connectivity index (χ0v) is 10.6. The lowest BCUT2D eigenvalue weighted by Crippen LogP contribution is -2.03. The van der Waals surface area contributed by atoms with Crippen LogP contribution >= 0.6 is 0 Å². The van der Waals surface area contributed by atoms with Gasteiger partial charge in [-0.25, -0.2) is 9.97 Å². The minimum Gasteiger partial charge on any atom is -0.330 e. The molecular formula is C16H15N3. The van der Waals surface area contributed by atoms with Crippen LogP contribution in [0.15, 0.2) is 54.9 Å². The van der Waals surface area contributed by atoms with Crippen LogP contribution in [-0.2, 0) is 6.42 Å². The van der Waals surface area contributed by atoms with E-state index in [2.05, 4.69) is 40.3 Å². The van der Waals surface area contributed by atoms with Gasteiger partial charge in [-0.05, 0) is 35.4 Å². The molecule has 1 aromatic heterocycles. The second-order valence-electron chi connectivity index (χ2n) is 4.52. The van der Waals surface area contributed by atoms with E-state index in [1.807, 2.05) is 24.5 Å². The Labute approximate surface area is 112 Å². The van der Waals surface area contributed by atoms with Crippen molar-refractivity contribution in [3.8, 4) is 11.4 Å². The summed E-state index contributed by atoms with van der Waals surface area (Å²) in [5.41, 5.74) is 7.63. The average Bonchev–Trinajstić information content (AvgIpc) is 2.48. The van der Waals surface area contributed by atoms with Gasteiger partial charge in [-0.15, -0.1) is 0 Å². The van der Waals surface area contributed by atoms with Gasteiger partial charge in [0.1, 0.15) is 0 Å². The fraction of sp³-hybridized carbons (Fsp3) is 0.125. The molecule has 0 bridgehead atoms. The largest absolute Gasteiger partial charge is 0.330 e. The van der Waals surface area contributed by atoms with Gasteiger partial charge in [0.25, 0.3) is 0 Å². The third-order valence-electron chi connectivity index (χ3n) is 3.15. The lowest BCUT2D eigenvalue weighted by Gasteiger charge is -2.04. The van der Waals surface area contributed by atoms with Crippen LogP contribution in [0.2, 0.25) is 0 Å². The van der Waals surface area contributed by atoms with E-state index in [1.165, 1.54) is 10.8 Å². The minimum atomic E-state index is 0.624. The molecule has 19 heavy (non-hydrogen) atoms. The van der Waals surface area contributed by atoms with Crippen LogP contribution in [-0.4, -0.2) is 16.5 Å². The summed E-state index contributed by atoms with van der Waals surface area (Å²) in [6.45, 7) is 0.624. The van der Waals surface area contributed by atoms with Crippen molar-refractivity contribution in [1.29, 1.82) is 0 Å². The van der Waals surface area contributed by atoms with Gasteiger partial charge in [0.15, 0.2) is 5.82 Å². The highest BCUT2D eigenvalue weighted by atomic mass is 14.9. The van der Waals surface area contributed by atoms with Crippen molar-refractivity contribution in [2.24, 2.45) is 5.73 Å². The second kappa shape index (κ2) is 5.16. The zero-order chi connectivity index (χ0) is 13.1. The SMILES string of the molecule is NCCc1cnc(-c2ccc3ccccc3c2)nc1. The van der Waals surface area contributed by atoms with Crippen LogP contribution in [0.5, 0.6) is 0 Å². The Morgan fingerprint density at radius 2 is 1.63 bits per heavy atom. The molecule has 0 spiro atoms. The van der Waals surface area contributed by atoms with E-state index in [0.717, 1.165) is 23.4 Å². The maximum atomic E-state index is 5.52. The van der Waals surface area contributed by atoms with Crippen molar-refractivity contribution in [1.82, 2.24) is 9.97 Å². The van der Waals surface area contributed by atoms with Crippen molar-refractivity contribution >= 4 is 10.8 Å². The normalized spacial score (nSPS) is 10.8. The van der Waals surface area contributed by atoms with Crippen LogP contribution in [0.4, 0.5) is 0 Å². The maximum Gasteiger partial charge on any atom is 0.159 e. The smallest absolute Gasteiger partial charge is 0.159 e. The molecule has 0 saturated heterocycles. The Bertz CT molecular complexity index is 690. The molecule has 1 heterocycles. The first-order chi connectivity index (χ1) is 9.36. The highest BCUT2D eigenvalue weighted by Crippen LogP contribution is 2.21. The maximum absolute atomic E-state index is 5.52. The number of hydrogen-bond donors (Lipinski definition) is 1. The van der Waals surface area contributed by atoms with E-state index >= 15 is 0 Å². The summed E-state index contributed by atoms with van der Waals surface area (Å²) in [5, 5.41) is 2.43. The topological polar surface area (TPSA) is 51.8 Å². The van der Waals surface area contributed by atoms with E-state index in [1.54, 1.807) is 0 Å². The fourth-order valence-corrected chi connectivity index (χ4v) is 2.13. The van der Waals surface area contributed by atoms with E-state index in [4.69, 9.17) is 5.73 Å². The minimum absolute atomic E-state index is 0.624. The molecule has 0 aliphatic carbocycles. The first kappa shape index (κ1) is 11.8. The molecule has 0 amide bonds. The van der Waals surface area contributed by atoms with Gasteiger partial charge >= 0.3 is 0 Å². The van der Waals surface area contributed by atoms with Gasteiger partial charge < -0.3 is 5.73 Å². The third-order valence-corrected chi connectivity index (χ3v) is 3.15. The molecule has 3 aromatic rings. The van der Waals surface area contributed by atoms with Gasteiger partial charge in [0, 0.05) is 18.0 Å². The molecule has 0 saturated carbocycles. The quantitative estimate of drug-likeness (QED) is 0.776. The van der Waals surface area contributed by atoms with Gasteiger partial charge in [-0.3, -0.25) is 0 Å². The fourth-order valence-electron chi connectivity index (χ4n) is 2.13. The monoisotopic (exact) mass is 249 g/mol. The number of nitrogens with zero attached hydrogens (tertiary/aromatic N) is 2. The van der Waals surface area contributed by atoms with E-state index in [0.29, 0.717) is 6.54 Å². The summed E-state index contributed by atoms with van der Waals surface area (Å²) in [6.07, 6.45) is 4.52. The van der Waals surface area contributed by atoms with Crippen LogP contribution in [0, 0.1) is 0 Å². The lowest BCUT2D eigenvalue weighted by atomic mass is 10.1. The van der Waals surface area contributed by atoms with Crippen LogP contribution < -0.4 is 5.73 Å². The molecule has 2 N–H and O–H groups in total. The summed E-state index contributed by atoms with van der Waals surface area (Å²) in [7, 11) is 0. The number of benzene rings is 2. The summed E-state index contributed by atoms with van der Waals surface area (Å²) in [6, 6.07) is 14.6. The average molecular weight is 249 g/mol. The lowest BCUT2D eigenvalue weighted by molar-refractivity contribution is 0.943. The first-order valence-corrected chi connectivity index (χ1v) is 6.37. The molecule has 2 aromatic carbocycles. The molecule has 0 aliphatic heterocycles. The molecule has 3 heteroatoms. The van der Waals surface area contributed by atoms with E-state index < -0.39 is 0 Å². The molecule has 0 aliphatic rings. The molecular weight excluding hydrogens is 234 g/mol. The summed E-state index contributed by atoms with van der Waals surface area (Å²) >= 11 is 0. The zero-order valence-electron chi connectivity index (χ0n) is 10.6.